The molecule has 0 amide bonds. The fraction of sp³-hybridized carbons (Fsp3) is 0.231. The molecule has 0 aliphatic heterocycles. The van der Waals surface area contributed by atoms with E-state index in [0.717, 1.165) is 12.1 Å². The highest BCUT2D eigenvalue weighted by atomic mass is 19.2. The smallest absolute Gasteiger partial charge is 0.325 e. The maximum Gasteiger partial charge on any atom is 0.325 e. The largest absolute Gasteiger partial charge is 0.480 e. The van der Waals surface area contributed by atoms with Crippen molar-refractivity contribution in [2.75, 3.05) is 0 Å². The van der Waals surface area contributed by atoms with E-state index in [1.54, 1.807) is 13.8 Å². The molecule has 1 heterocycles. The average molecular weight is 266 g/mol. The van der Waals surface area contributed by atoms with Crippen molar-refractivity contribution in [3.05, 3.63) is 41.2 Å². The van der Waals surface area contributed by atoms with Gasteiger partial charge in [0.15, 0.2) is 11.6 Å². The fourth-order valence-electron chi connectivity index (χ4n) is 2.05. The lowest BCUT2D eigenvalue weighted by Gasteiger charge is -2.04. The van der Waals surface area contributed by atoms with Crippen LogP contribution in [-0.4, -0.2) is 20.9 Å². The molecule has 4 nitrogen and oxygen atoms in total. The molecule has 0 aliphatic carbocycles. The summed E-state index contributed by atoms with van der Waals surface area (Å²) in [7, 11) is 0. The molecule has 0 unspecified atom stereocenters. The molecule has 0 bridgehead atoms. The molecule has 100 valence electrons. The number of nitrogens with zero attached hydrogens (tertiary/aromatic N) is 2. The zero-order valence-corrected chi connectivity index (χ0v) is 10.4. The lowest BCUT2D eigenvalue weighted by atomic mass is 10.0. The summed E-state index contributed by atoms with van der Waals surface area (Å²) in [4.78, 5) is 10.7. The highest BCUT2D eigenvalue weighted by molar-refractivity contribution is 5.70. The zero-order valence-electron chi connectivity index (χ0n) is 10.4. The minimum atomic E-state index is -1.01. The summed E-state index contributed by atoms with van der Waals surface area (Å²) < 4.78 is 27.5. The van der Waals surface area contributed by atoms with Gasteiger partial charge in [-0.2, -0.15) is 5.10 Å². The van der Waals surface area contributed by atoms with Gasteiger partial charge >= 0.3 is 5.97 Å². The van der Waals surface area contributed by atoms with E-state index < -0.39 is 17.6 Å². The molecular formula is C13H12F2N2O2. The lowest BCUT2D eigenvalue weighted by molar-refractivity contribution is -0.137. The Labute approximate surface area is 108 Å². The summed E-state index contributed by atoms with van der Waals surface area (Å²) in [5.74, 6) is -2.87. The number of carboxylic acid groups (broad SMARTS) is 1. The molecule has 2 aromatic rings. The Balaban J connectivity index is 2.52. The van der Waals surface area contributed by atoms with E-state index in [4.69, 9.17) is 5.11 Å². The van der Waals surface area contributed by atoms with Gasteiger partial charge in [0.25, 0.3) is 0 Å². The second kappa shape index (κ2) is 4.79. The van der Waals surface area contributed by atoms with Crippen LogP contribution >= 0.6 is 0 Å². The topological polar surface area (TPSA) is 55.1 Å². The Morgan fingerprint density at radius 2 is 2.00 bits per heavy atom. The number of halogens is 2. The number of carbonyl (C=O) groups is 1. The Bertz CT molecular complexity index is 650. The normalized spacial score (nSPS) is 10.7. The molecule has 19 heavy (non-hydrogen) atoms. The van der Waals surface area contributed by atoms with Crippen molar-refractivity contribution in [1.29, 1.82) is 0 Å². The van der Waals surface area contributed by atoms with Gasteiger partial charge in [-0.05, 0) is 31.5 Å². The van der Waals surface area contributed by atoms with Gasteiger partial charge in [0, 0.05) is 11.3 Å². The summed E-state index contributed by atoms with van der Waals surface area (Å²) >= 11 is 0. The minimum Gasteiger partial charge on any atom is -0.480 e. The first-order valence-corrected chi connectivity index (χ1v) is 5.61. The number of hydrogen-bond acceptors (Lipinski definition) is 2. The monoisotopic (exact) mass is 266 g/mol. The van der Waals surface area contributed by atoms with Crippen LogP contribution in [0.2, 0.25) is 0 Å². The highest BCUT2D eigenvalue weighted by Crippen LogP contribution is 2.28. The van der Waals surface area contributed by atoms with Gasteiger partial charge in [0.1, 0.15) is 6.54 Å². The van der Waals surface area contributed by atoms with E-state index >= 15 is 0 Å². The predicted octanol–water partition coefficient (Wildman–Crippen LogP) is 2.53. The van der Waals surface area contributed by atoms with Crippen molar-refractivity contribution in [1.82, 2.24) is 9.78 Å². The van der Waals surface area contributed by atoms with E-state index in [9.17, 15) is 13.6 Å². The molecule has 2 rings (SSSR count). The third-order valence-corrected chi connectivity index (χ3v) is 2.87. The van der Waals surface area contributed by atoms with Crippen LogP contribution in [0.4, 0.5) is 8.78 Å². The van der Waals surface area contributed by atoms with Crippen LogP contribution < -0.4 is 0 Å². The standard InChI is InChI=1S/C13H12F2N2O2/c1-7-13(8(2)17(16-7)6-12(18)19)9-3-4-10(14)11(15)5-9/h3-5H,6H2,1-2H3,(H,18,19). The quantitative estimate of drug-likeness (QED) is 0.928. The van der Waals surface area contributed by atoms with Crippen molar-refractivity contribution >= 4 is 5.97 Å². The molecule has 1 aromatic carbocycles. The molecule has 0 radical (unpaired) electrons. The first kappa shape index (κ1) is 13.2. The molecule has 1 aromatic heterocycles. The van der Waals surface area contributed by atoms with Gasteiger partial charge in [-0.25, -0.2) is 8.78 Å². The van der Waals surface area contributed by atoms with Crippen LogP contribution in [-0.2, 0) is 11.3 Å². The molecule has 0 saturated carbocycles. The van der Waals surface area contributed by atoms with Gasteiger partial charge < -0.3 is 5.11 Å². The fourth-order valence-corrected chi connectivity index (χ4v) is 2.05. The first-order chi connectivity index (χ1) is 8.90. The summed E-state index contributed by atoms with van der Waals surface area (Å²) in [6, 6.07) is 3.57. The van der Waals surface area contributed by atoms with Crippen LogP contribution in [0.1, 0.15) is 11.4 Å². The molecule has 6 heteroatoms. The Morgan fingerprint density at radius 1 is 1.32 bits per heavy atom. The number of aryl methyl sites for hydroxylation is 1. The number of aliphatic carboxylic acids is 1. The number of aromatic nitrogens is 2. The molecule has 1 N–H and O–H groups in total. The van der Waals surface area contributed by atoms with E-state index in [1.807, 2.05) is 0 Å². The van der Waals surface area contributed by atoms with Crippen molar-refractivity contribution in [2.45, 2.75) is 20.4 Å². The van der Waals surface area contributed by atoms with Crippen molar-refractivity contribution < 1.29 is 18.7 Å². The van der Waals surface area contributed by atoms with E-state index in [-0.39, 0.29) is 6.54 Å². The number of rotatable bonds is 3. The second-order valence-electron chi connectivity index (χ2n) is 4.23. The summed E-state index contributed by atoms with van der Waals surface area (Å²) in [5.41, 5.74) is 2.28. The predicted molar refractivity (Wildman–Crippen MR) is 64.7 cm³/mol. The maximum atomic E-state index is 13.2. The molecule has 0 aliphatic rings. The molecule has 0 fully saturated rings. The van der Waals surface area contributed by atoms with Gasteiger partial charge in [0.05, 0.1) is 5.69 Å². The third kappa shape index (κ3) is 2.47. The van der Waals surface area contributed by atoms with Crippen molar-refractivity contribution in [3.63, 3.8) is 0 Å². The summed E-state index contributed by atoms with van der Waals surface area (Å²) in [6.45, 7) is 3.12. The third-order valence-electron chi connectivity index (χ3n) is 2.87. The Morgan fingerprint density at radius 3 is 2.58 bits per heavy atom. The first-order valence-electron chi connectivity index (χ1n) is 5.61. The summed E-state index contributed by atoms with van der Waals surface area (Å²) in [5, 5.41) is 12.9. The van der Waals surface area contributed by atoms with Crippen LogP contribution in [0.5, 0.6) is 0 Å². The lowest BCUT2D eigenvalue weighted by Crippen LogP contribution is -2.11. The van der Waals surface area contributed by atoms with Crippen LogP contribution in [0, 0.1) is 25.5 Å². The zero-order chi connectivity index (χ0) is 14.2. The Hall–Kier alpha value is -2.24. The van der Waals surface area contributed by atoms with Gasteiger partial charge in [-0.3, -0.25) is 9.48 Å². The van der Waals surface area contributed by atoms with Crippen LogP contribution in [0.25, 0.3) is 11.1 Å². The Kier molecular flexibility index (Phi) is 3.33. The number of hydrogen-bond donors (Lipinski definition) is 1. The number of carboxylic acids is 1. The number of benzene rings is 1. The molecule has 0 atom stereocenters. The molecule has 0 spiro atoms. The van der Waals surface area contributed by atoms with Gasteiger partial charge in [-0.1, -0.05) is 6.07 Å². The van der Waals surface area contributed by atoms with Gasteiger partial charge in [-0.15, -0.1) is 0 Å². The SMILES string of the molecule is Cc1nn(CC(=O)O)c(C)c1-c1ccc(F)c(F)c1. The van der Waals surface area contributed by atoms with E-state index in [2.05, 4.69) is 5.10 Å². The van der Waals surface area contributed by atoms with Crippen molar-refractivity contribution in [3.8, 4) is 11.1 Å². The van der Waals surface area contributed by atoms with Crippen molar-refractivity contribution in [2.24, 2.45) is 0 Å². The summed E-state index contributed by atoms with van der Waals surface area (Å²) in [6.07, 6.45) is 0. The van der Waals surface area contributed by atoms with E-state index in [1.165, 1.54) is 10.7 Å². The average Bonchev–Trinajstić information content (AvgIpc) is 2.58. The van der Waals surface area contributed by atoms with E-state index in [0.29, 0.717) is 22.5 Å². The van der Waals surface area contributed by atoms with Crippen LogP contribution in [0.15, 0.2) is 18.2 Å². The van der Waals surface area contributed by atoms with Gasteiger partial charge in [0.2, 0.25) is 0 Å². The van der Waals surface area contributed by atoms with Crippen LogP contribution in [0.3, 0.4) is 0 Å². The maximum absolute atomic E-state index is 13.2. The molecule has 0 saturated heterocycles. The second-order valence-corrected chi connectivity index (χ2v) is 4.23. The minimum absolute atomic E-state index is 0.268. The highest BCUT2D eigenvalue weighted by Gasteiger charge is 2.16. The molecular weight excluding hydrogens is 254 g/mol.